The summed E-state index contributed by atoms with van der Waals surface area (Å²) in [5, 5.41) is 8.79. The van der Waals surface area contributed by atoms with Crippen LogP contribution in [0.3, 0.4) is 0 Å². The molecule has 0 saturated carbocycles. The minimum Gasteiger partial charge on any atom is -0.395 e. The second kappa shape index (κ2) is 7.20. The third-order valence-electron chi connectivity index (χ3n) is 2.42. The van der Waals surface area contributed by atoms with Gasteiger partial charge in [0.1, 0.15) is 0 Å². The minimum absolute atomic E-state index is 0.226. The molecule has 0 fully saturated rings. The van der Waals surface area contributed by atoms with Crippen LogP contribution < -0.4 is 0 Å². The van der Waals surface area contributed by atoms with Crippen LogP contribution in [0.1, 0.15) is 34.1 Å². The summed E-state index contributed by atoms with van der Waals surface area (Å²) in [7, 11) is 2.03. The summed E-state index contributed by atoms with van der Waals surface area (Å²) in [6.45, 7) is 11.3. The number of aliphatic hydroxyl groups is 1. The normalized spacial score (nSPS) is 14.6. The molecule has 0 aliphatic heterocycles. The largest absolute Gasteiger partial charge is 0.395 e. The number of rotatable bonds is 7. The molecule has 0 aromatic heterocycles. The molecule has 3 nitrogen and oxygen atoms in total. The Bertz CT molecular complexity index is 154. The van der Waals surface area contributed by atoms with E-state index >= 15 is 0 Å². The van der Waals surface area contributed by atoms with Crippen LogP contribution >= 0.6 is 0 Å². The predicted molar refractivity (Wildman–Crippen MR) is 64.1 cm³/mol. The van der Waals surface area contributed by atoms with Gasteiger partial charge in [0, 0.05) is 19.2 Å². The van der Waals surface area contributed by atoms with E-state index in [-0.39, 0.29) is 12.0 Å². The van der Waals surface area contributed by atoms with Crippen molar-refractivity contribution in [2.75, 3.05) is 33.4 Å². The Morgan fingerprint density at radius 3 is 2.40 bits per heavy atom. The first kappa shape index (κ1) is 14.9. The van der Waals surface area contributed by atoms with Crippen molar-refractivity contribution in [3.8, 4) is 0 Å². The molecule has 0 aliphatic carbocycles. The highest BCUT2D eigenvalue weighted by Gasteiger charge is 2.11. The van der Waals surface area contributed by atoms with Crippen LogP contribution in [0.2, 0.25) is 0 Å². The molecule has 0 bridgehead atoms. The zero-order chi connectivity index (χ0) is 11.9. The van der Waals surface area contributed by atoms with Crippen molar-refractivity contribution in [2.24, 2.45) is 5.41 Å². The lowest BCUT2D eigenvalue weighted by molar-refractivity contribution is 0.0560. The van der Waals surface area contributed by atoms with Gasteiger partial charge in [-0.05, 0) is 25.8 Å². The van der Waals surface area contributed by atoms with Crippen molar-refractivity contribution in [1.82, 2.24) is 4.90 Å². The molecule has 1 unspecified atom stereocenters. The monoisotopic (exact) mass is 217 g/mol. The first-order chi connectivity index (χ1) is 6.87. The molecule has 3 heteroatoms. The van der Waals surface area contributed by atoms with Crippen molar-refractivity contribution in [1.29, 1.82) is 0 Å². The van der Waals surface area contributed by atoms with E-state index in [4.69, 9.17) is 9.84 Å². The van der Waals surface area contributed by atoms with Crippen LogP contribution in [0.4, 0.5) is 0 Å². The fraction of sp³-hybridized carbons (Fsp3) is 1.00. The van der Waals surface area contributed by atoms with Crippen LogP contribution in [-0.2, 0) is 4.74 Å². The van der Waals surface area contributed by atoms with Gasteiger partial charge in [0.2, 0.25) is 0 Å². The zero-order valence-electron chi connectivity index (χ0n) is 10.9. The summed E-state index contributed by atoms with van der Waals surface area (Å²) in [6.07, 6.45) is 1.02. The lowest BCUT2D eigenvalue weighted by atomic mass is 9.99. The quantitative estimate of drug-likeness (QED) is 0.660. The molecule has 0 aromatic carbocycles. The van der Waals surface area contributed by atoms with Crippen molar-refractivity contribution in [3.63, 3.8) is 0 Å². The summed E-state index contributed by atoms with van der Waals surface area (Å²) in [5.41, 5.74) is 0.250. The van der Waals surface area contributed by atoms with E-state index in [1.807, 2.05) is 7.05 Å². The van der Waals surface area contributed by atoms with Gasteiger partial charge in [0.15, 0.2) is 0 Å². The molecule has 92 valence electrons. The third kappa shape index (κ3) is 8.85. The Hall–Kier alpha value is -0.120. The molecule has 0 saturated heterocycles. The first-order valence-corrected chi connectivity index (χ1v) is 5.75. The van der Waals surface area contributed by atoms with Crippen LogP contribution in [0.15, 0.2) is 0 Å². The van der Waals surface area contributed by atoms with Gasteiger partial charge in [-0.25, -0.2) is 0 Å². The number of nitrogens with zero attached hydrogens (tertiary/aromatic N) is 1. The third-order valence-corrected chi connectivity index (χ3v) is 2.42. The number of hydrogen-bond acceptors (Lipinski definition) is 3. The molecule has 0 heterocycles. The number of likely N-dealkylation sites (N-methyl/N-ethyl adjacent to an activating group) is 1. The maximum Gasteiger partial charge on any atom is 0.0558 e. The summed E-state index contributed by atoms with van der Waals surface area (Å²) in [5.74, 6) is 0. The van der Waals surface area contributed by atoms with E-state index in [0.29, 0.717) is 6.04 Å². The first-order valence-electron chi connectivity index (χ1n) is 5.75. The van der Waals surface area contributed by atoms with E-state index in [2.05, 4.69) is 32.6 Å². The van der Waals surface area contributed by atoms with E-state index < -0.39 is 0 Å². The van der Waals surface area contributed by atoms with E-state index in [1.54, 1.807) is 0 Å². The molecule has 1 atom stereocenters. The van der Waals surface area contributed by atoms with Gasteiger partial charge in [-0.15, -0.1) is 0 Å². The average Bonchev–Trinajstić information content (AvgIpc) is 2.11. The molecular weight excluding hydrogens is 190 g/mol. The Kier molecular flexibility index (Phi) is 7.14. The Labute approximate surface area is 94.4 Å². The summed E-state index contributed by atoms with van der Waals surface area (Å²) in [6, 6.07) is 0.470. The van der Waals surface area contributed by atoms with Gasteiger partial charge in [-0.2, -0.15) is 0 Å². The van der Waals surface area contributed by atoms with Crippen LogP contribution in [0.5, 0.6) is 0 Å². The zero-order valence-corrected chi connectivity index (χ0v) is 10.9. The average molecular weight is 217 g/mol. The SMILES string of the molecule is CC(CCOCC(C)(C)C)N(C)CCO. The molecule has 1 N–H and O–H groups in total. The minimum atomic E-state index is 0.226. The molecule has 0 rings (SSSR count). The summed E-state index contributed by atoms with van der Waals surface area (Å²) in [4.78, 5) is 2.15. The molecule has 0 spiro atoms. The number of ether oxygens (including phenoxy) is 1. The van der Waals surface area contributed by atoms with E-state index in [1.165, 1.54) is 0 Å². The fourth-order valence-electron chi connectivity index (χ4n) is 1.23. The van der Waals surface area contributed by atoms with Crippen molar-refractivity contribution >= 4 is 0 Å². The Morgan fingerprint density at radius 1 is 1.33 bits per heavy atom. The predicted octanol–water partition coefficient (Wildman–Crippen LogP) is 1.75. The summed E-state index contributed by atoms with van der Waals surface area (Å²) >= 11 is 0. The Morgan fingerprint density at radius 2 is 1.93 bits per heavy atom. The highest BCUT2D eigenvalue weighted by atomic mass is 16.5. The van der Waals surface area contributed by atoms with Gasteiger partial charge in [0.05, 0.1) is 13.2 Å². The maximum absolute atomic E-state index is 8.79. The number of hydrogen-bond donors (Lipinski definition) is 1. The van der Waals surface area contributed by atoms with Crippen LogP contribution in [0, 0.1) is 5.41 Å². The lowest BCUT2D eigenvalue weighted by Gasteiger charge is -2.24. The second-order valence-corrected chi connectivity index (χ2v) is 5.46. The molecule has 0 radical (unpaired) electrons. The fourth-order valence-corrected chi connectivity index (χ4v) is 1.23. The van der Waals surface area contributed by atoms with Crippen molar-refractivity contribution in [3.05, 3.63) is 0 Å². The topological polar surface area (TPSA) is 32.7 Å². The van der Waals surface area contributed by atoms with Gasteiger partial charge in [-0.3, -0.25) is 0 Å². The second-order valence-electron chi connectivity index (χ2n) is 5.46. The van der Waals surface area contributed by atoms with Gasteiger partial charge in [-0.1, -0.05) is 20.8 Å². The van der Waals surface area contributed by atoms with E-state index in [9.17, 15) is 0 Å². The van der Waals surface area contributed by atoms with Gasteiger partial charge >= 0.3 is 0 Å². The smallest absolute Gasteiger partial charge is 0.0558 e. The highest BCUT2D eigenvalue weighted by molar-refractivity contribution is 4.63. The molecule has 0 amide bonds. The lowest BCUT2D eigenvalue weighted by Crippen LogP contribution is -2.32. The van der Waals surface area contributed by atoms with Crippen LogP contribution in [-0.4, -0.2) is 49.5 Å². The molecule has 0 aliphatic rings. The Balaban J connectivity index is 3.50. The highest BCUT2D eigenvalue weighted by Crippen LogP contribution is 2.13. The molecule has 15 heavy (non-hydrogen) atoms. The van der Waals surface area contributed by atoms with Crippen molar-refractivity contribution in [2.45, 2.75) is 40.2 Å². The molecule has 0 aromatic rings. The van der Waals surface area contributed by atoms with Crippen LogP contribution in [0.25, 0.3) is 0 Å². The van der Waals surface area contributed by atoms with Gasteiger partial charge in [0.25, 0.3) is 0 Å². The van der Waals surface area contributed by atoms with Gasteiger partial charge < -0.3 is 14.7 Å². The number of aliphatic hydroxyl groups excluding tert-OH is 1. The molecular formula is C12H27NO2. The van der Waals surface area contributed by atoms with Crippen molar-refractivity contribution < 1.29 is 9.84 Å². The summed E-state index contributed by atoms with van der Waals surface area (Å²) < 4.78 is 5.61. The maximum atomic E-state index is 8.79. The van der Waals surface area contributed by atoms with E-state index in [0.717, 1.165) is 26.2 Å². The standard InChI is InChI=1S/C12H27NO2/c1-11(13(5)7-8-14)6-9-15-10-12(2,3)4/h11,14H,6-10H2,1-5H3.